The van der Waals surface area contributed by atoms with Crippen LogP contribution in [0.25, 0.3) is 0 Å². The molecule has 0 N–H and O–H groups in total. The zero-order valence-corrected chi connectivity index (χ0v) is 14.7. The lowest BCUT2D eigenvalue weighted by molar-refractivity contribution is 0.476. The van der Waals surface area contributed by atoms with E-state index < -0.39 is 10.3 Å². The van der Waals surface area contributed by atoms with Crippen LogP contribution in [0.2, 0.25) is 0 Å². The predicted molar refractivity (Wildman–Crippen MR) is 86.4 cm³/mol. The van der Waals surface area contributed by atoms with Crippen molar-refractivity contribution in [1.82, 2.24) is 0 Å². The van der Waals surface area contributed by atoms with Crippen LogP contribution in [0.4, 0.5) is 0 Å². The van der Waals surface area contributed by atoms with Gasteiger partial charge in [0.15, 0.2) is 5.75 Å². The summed E-state index contributed by atoms with van der Waals surface area (Å²) in [6, 6.07) is 3.91. The van der Waals surface area contributed by atoms with Crippen LogP contribution in [0, 0.1) is 0 Å². The fourth-order valence-corrected chi connectivity index (χ4v) is 2.69. The van der Waals surface area contributed by atoms with Crippen molar-refractivity contribution in [2.24, 2.45) is 4.40 Å². The molecule has 122 valence electrons. The maximum absolute atomic E-state index is 11.7. The van der Waals surface area contributed by atoms with Crippen LogP contribution >= 0.6 is 0 Å². The highest BCUT2D eigenvalue weighted by atomic mass is 32.2. The lowest BCUT2D eigenvalue weighted by atomic mass is 9.88. The van der Waals surface area contributed by atoms with E-state index in [1.54, 1.807) is 0 Å². The predicted octanol–water partition coefficient (Wildman–Crippen LogP) is 4.02. The summed E-state index contributed by atoms with van der Waals surface area (Å²) in [5, 5.41) is 0. The Labute approximate surface area is 132 Å². The van der Waals surface area contributed by atoms with Crippen molar-refractivity contribution in [3.63, 3.8) is 0 Å². The van der Waals surface area contributed by atoms with Crippen LogP contribution in [-0.2, 0) is 15.1 Å². The topological polar surface area (TPSA) is 72.8 Å². The molecular formula is C16H23NO4S. The second-order valence-corrected chi connectivity index (χ2v) is 7.39. The molecule has 0 radical (unpaired) electrons. The van der Waals surface area contributed by atoms with Gasteiger partial charge in [-0.2, -0.15) is 8.42 Å². The number of hydrogen-bond donors (Lipinski definition) is 0. The van der Waals surface area contributed by atoms with Gasteiger partial charge in [0.05, 0.1) is 0 Å². The molecule has 1 aromatic rings. The van der Waals surface area contributed by atoms with Crippen molar-refractivity contribution in [2.75, 3.05) is 0 Å². The van der Waals surface area contributed by atoms with Gasteiger partial charge >= 0.3 is 10.3 Å². The van der Waals surface area contributed by atoms with Gasteiger partial charge in [0.1, 0.15) is 0 Å². The summed E-state index contributed by atoms with van der Waals surface area (Å²) in [7, 11) is -4.33. The zero-order chi connectivity index (χ0) is 17.1. The Kier molecular flexibility index (Phi) is 5.92. The van der Waals surface area contributed by atoms with E-state index in [0.29, 0.717) is 5.92 Å². The van der Waals surface area contributed by atoms with Gasteiger partial charge in [0, 0.05) is 0 Å². The number of isocyanates is 1. The monoisotopic (exact) mass is 325 g/mol. The van der Waals surface area contributed by atoms with Crippen molar-refractivity contribution in [3.05, 3.63) is 28.8 Å². The van der Waals surface area contributed by atoms with E-state index in [4.69, 9.17) is 4.18 Å². The van der Waals surface area contributed by atoms with E-state index in [2.05, 4.69) is 18.2 Å². The highest BCUT2D eigenvalue weighted by Gasteiger charge is 2.23. The van der Waals surface area contributed by atoms with E-state index in [9.17, 15) is 13.2 Å². The minimum atomic E-state index is -4.33. The Morgan fingerprint density at radius 2 is 1.41 bits per heavy atom. The summed E-state index contributed by atoms with van der Waals surface area (Å²) >= 11 is 0. The summed E-state index contributed by atoms with van der Waals surface area (Å²) < 4.78 is 31.3. The van der Waals surface area contributed by atoms with Gasteiger partial charge in [-0.1, -0.05) is 53.7 Å². The Balaban J connectivity index is 3.62. The first-order chi connectivity index (χ1) is 10.1. The van der Waals surface area contributed by atoms with E-state index >= 15 is 0 Å². The van der Waals surface area contributed by atoms with Gasteiger partial charge in [-0.3, -0.25) is 0 Å². The molecule has 0 saturated carbocycles. The first kappa shape index (κ1) is 18.4. The molecule has 0 aromatic heterocycles. The maximum atomic E-state index is 11.7. The number of benzene rings is 1. The first-order valence-corrected chi connectivity index (χ1v) is 8.66. The molecule has 1 aromatic carbocycles. The van der Waals surface area contributed by atoms with E-state index in [-0.39, 0.29) is 17.6 Å². The summed E-state index contributed by atoms with van der Waals surface area (Å²) in [6.45, 7) is 12.0. The van der Waals surface area contributed by atoms with Crippen LogP contribution in [0.5, 0.6) is 5.75 Å². The van der Waals surface area contributed by atoms with Crippen molar-refractivity contribution in [1.29, 1.82) is 0 Å². The molecule has 0 amide bonds. The summed E-state index contributed by atoms with van der Waals surface area (Å²) in [5.74, 6) is 0.727. The second kappa shape index (κ2) is 7.07. The molecule has 0 saturated heterocycles. The van der Waals surface area contributed by atoms with Crippen molar-refractivity contribution < 1.29 is 17.4 Å². The smallest absolute Gasteiger partial charge is 0.364 e. The number of nitrogens with zero attached hydrogens (tertiary/aromatic N) is 1. The third kappa shape index (κ3) is 4.42. The van der Waals surface area contributed by atoms with Gasteiger partial charge in [-0.25, -0.2) is 4.79 Å². The Bertz CT molecular complexity index is 655. The zero-order valence-electron chi connectivity index (χ0n) is 13.9. The SMILES string of the molecule is CC(C)c1cc(C(C)C)c(OS(=O)(=O)N=C=O)c(C(C)C)c1. The fourth-order valence-electron chi connectivity index (χ4n) is 2.16. The van der Waals surface area contributed by atoms with Crippen LogP contribution in [0.3, 0.4) is 0 Å². The minimum absolute atomic E-state index is 0.0709. The summed E-state index contributed by atoms with van der Waals surface area (Å²) in [4.78, 5) is 10.2. The van der Waals surface area contributed by atoms with E-state index in [0.717, 1.165) is 22.8 Å². The molecular weight excluding hydrogens is 302 g/mol. The van der Waals surface area contributed by atoms with Gasteiger partial charge in [-0.05, 0) is 38.8 Å². The van der Waals surface area contributed by atoms with Crippen molar-refractivity contribution in [2.45, 2.75) is 59.3 Å². The third-order valence-electron chi connectivity index (χ3n) is 3.42. The molecule has 0 atom stereocenters. The van der Waals surface area contributed by atoms with Crippen LogP contribution in [0.1, 0.15) is 76.0 Å². The van der Waals surface area contributed by atoms with Crippen LogP contribution in [-0.4, -0.2) is 14.5 Å². The maximum Gasteiger partial charge on any atom is 0.439 e. The Morgan fingerprint density at radius 1 is 0.955 bits per heavy atom. The Morgan fingerprint density at radius 3 is 1.73 bits per heavy atom. The summed E-state index contributed by atoms with van der Waals surface area (Å²) in [6.07, 6.45) is 1.02. The van der Waals surface area contributed by atoms with Gasteiger partial charge in [0.2, 0.25) is 0 Å². The minimum Gasteiger partial charge on any atom is -0.364 e. The molecule has 22 heavy (non-hydrogen) atoms. The fraction of sp³-hybridized carbons (Fsp3) is 0.562. The molecule has 0 aliphatic rings. The van der Waals surface area contributed by atoms with E-state index in [1.807, 2.05) is 39.8 Å². The average molecular weight is 325 g/mol. The van der Waals surface area contributed by atoms with E-state index in [1.165, 1.54) is 0 Å². The first-order valence-electron chi connectivity index (χ1n) is 7.30. The lowest BCUT2D eigenvalue weighted by Crippen LogP contribution is -2.11. The highest BCUT2D eigenvalue weighted by Crippen LogP contribution is 2.38. The second-order valence-electron chi connectivity index (χ2n) is 6.19. The molecule has 0 aliphatic carbocycles. The molecule has 0 aliphatic heterocycles. The lowest BCUT2D eigenvalue weighted by Gasteiger charge is -2.21. The number of hydrogen-bond acceptors (Lipinski definition) is 4. The molecule has 0 fully saturated rings. The normalized spacial score (nSPS) is 11.9. The quantitative estimate of drug-likeness (QED) is 0.585. The standard InChI is InChI=1S/C16H23NO4S/c1-10(2)13-7-14(11(3)4)16(15(8-13)12(5)6)21-22(19,20)17-9-18/h7-8,10-12H,1-6H3. The van der Waals surface area contributed by atoms with Crippen LogP contribution < -0.4 is 4.18 Å². The molecule has 6 heteroatoms. The van der Waals surface area contributed by atoms with Gasteiger partial charge < -0.3 is 4.18 Å². The molecule has 5 nitrogen and oxygen atoms in total. The van der Waals surface area contributed by atoms with Crippen LogP contribution in [0.15, 0.2) is 16.5 Å². The number of carbonyl (C=O) groups excluding carboxylic acids is 1. The molecule has 0 spiro atoms. The Hall–Kier alpha value is -1.65. The summed E-state index contributed by atoms with van der Waals surface area (Å²) in [5.41, 5.74) is 2.70. The highest BCUT2D eigenvalue weighted by molar-refractivity contribution is 7.85. The van der Waals surface area contributed by atoms with Crippen molar-refractivity contribution >= 4 is 16.4 Å². The molecule has 0 unspecified atom stereocenters. The number of rotatable bonds is 6. The molecule has 0 bridgehead atoms. The third-order valence-corrected chi connectivity index (χ3v) is 4.09. The van der Waals surface area contributed by atoms with Gasteiger partial charge in [0.25, 0.3) is 6.08 Å². The largest absolute Gasteiger partial charge is 0.439 e. The molecule has 1 rings (SSSR count). The average Bonchev–Trinajstić information content (AvgIpc) is 2.37. The van der Waals surface area contributed by atoms with Gasteiger partial charge in [-0.15, -0.1) is 0 Å². The molecule has 0 heterocycles. The van der Waals surface area contributed by atoms with Crippen molar-refractivity contribution in [3.8, 4) is 5.75 Å².